The van der Waals surface area contributed by atoms with E-state index in [2.05, 4.69) is 98.3 Å². The third-order valence-corrected chi connectivity index (χ3v) is 10.7. The highest BCUT2D eigenvalue weighted by molar-refractivity contribution is 6.90. The minimum atomic E-state index is -0.579. The van der Waals surface area contributed by atoms with Crippen LogP contribution in [0.4, 0.5) is 0 Å². The topological polar surface area (TPSA) is 68.0 Å². The molecule has 3 heterocycles. The summed E-state index contributed by atoms with van der Waals surface area (Å²) < 4.78 is 17.0. The van der Waals surface area contributed by atoms with Crippen LogP contribution in [-0.4, -0.2) is 44.5 Å². The minimum absolute atomic E-state index is 0.160. The molecular formula is C39H43B4N2O3. The normalized spacial score (nSPS) is 23.6. The van der Waals surface area contributed by atoms with E-state index in [0.717, 1.165) is 60.1 Å². The van der Waals surface area contributed by atoms with Crippen molar-refractivity contribution in [2.24, 2.45) is 11.7 Å². The third-order valence-electron chi connectivity index (χ3n) is 10.7. The Morgan fingerprint density at radius 1 is 1.00 bits per heavy atom. The van der Waals surface area contributed by atoms with Gasteiger partial charge in [-0.05, 0) is 94.8 Å². The summed E-state index contributed by atoms with van der Waals surface area (Å²) in [5.41, 5.74) is 19.0. The predicted octanol–water partition coefficient (Wildman–Crippen LogP) is 5.00. The first kappa shape index (κ1) is 32.8. The summed E-state index contributed by atoms with van der Waals surface area (Å²) in [6.45, 7) is 8.76. The molecule has 3 aromatic carbocycles. The van der Waals surface area contributed by atoms with Crippen LogP contribution in [0.15, 0.2) is 125 Å². The number of hydrogen-bond donors (Lipinski definition) is 2. The lowest BCUT2D eigenvalue weighted by Crippen LogP contribution is -2.74. The van der Waals surface area contributed by atoms with E-state index in [9.17, 15) is 5.02 Å². The van der Waals surface area contributed by atoms with E-state index < -0.39 is 7.12 Å². The molecule has 0 amide bonds. The summed E-state index contributed by atoms with van der Waals surface area (Å²) in [6.07, 6.45) is 14.3. The van der Waals surface area contributed by atoms with E-state index in [-0.39, 0.29) is 26.1 Å². The van der Waals surface area contributed by atoms with Crippen LogP contribution in [0, 0.1) is 5.92 Å². The SMILES string of the molecule is C/C=C\C(C1=C(B2OB3c4ccccc4/C(=C/C)C4CC(CC)c5ccccc5B(O2)N34)C(C)CC=C1)=C(\N)Cc1ccccc1[B]O. The van der Waals surface area contributed by atoms with Crippen molar-refractivity contribution < 1.29 is 14.2 Å². The van der Waals surface area contributed by atoms with Gasteiger partial charge in [0.2, 0.25) is 0 Å². The maximum absolute atomic E-state index is 9.90. The van der Waals surface area contributed by atoms with Gasteiger partial charge in [-0.2, -0.15) is 0 Å². The van der Waals surface area contributed by atoms with Gasteiger partial charge in [-0.3, -0.25) is 0 Å². The van der Waals surface area contributed by atoms with E-state index in [0.29, 0.717) is 12.3 Å². The Morgan fingerprint density at radius 3 is 2.46 bits per heavy atom. The summed E-state index contributed by atoms with van der Waals surface area (Å²) in [4.78, 5) is 0. The second-order valence-electron chi connectivity index (χ2n) is 13.4. The van der Waals surface area contributed by atoms with Crippen LogP contribution in [0.25, 0.3) is 5.57 Å². The van der Waals surface area contributed by atoms with E-state index in [1.165, 1.54) is 27.6 Å². The van der Waals surface area contributed by atoms with Crippen molar-refractivity contribution in [3.8, 4) is 0 Å². The molecule has 0 aromatic heterocycles. The summed E-state index contributed by atoms with van der Waals surface area (Å²) >= 11 is 0. The fourth-order valence-corrected chi connectivity index (χ4v) is 8.41. The first-order chi connectivity index (χ1) is 23.5. The number of hydrogen-bond acceptors (Lipinski definition) is 5. The van der Waals surface area contributed by atoms with E-state index in [4.69, 9.17) is 14.9 Å². The fourth-order valence-electron chi connectivity index (χ4n) is 8.41. The molecule has 7 rings (SSSR count). The van der Waals surface area contributed by atoms with Crippen molar-refractivity contribution in [2.45, 2.75) is 65.3 Å². The predicted molar refractivity (Wildman–Crippen MR) is 202 cm³/mol. The highest BCUT2D eigenvalue weighted by Crippen LogP contribution is 2.42. The van der Waals surface area contributed by atoms with Gasteiger partial charge in [0.05, 0.1) is 0 Å². The van der Waals surface area contributed by atoms with Crippen molar-refractivity contribution >= 4 is 50.7 Å². The van der Waals surface area contributed by atoms with Gasteiger partial charge in [0.15, 0.2) is 0 Å². The number of nitrogens with two attached hydrogens (primary N) is 1. The largest absolute Gasteiger partial charge is 0.462 e. The lowest BCUT2D eigenvalue weighted by atomic mass is 9.47. The van der Waals surface area contributed by atoms with Gasteiger partial charge in [-0.1, -0.05) is 122 Å². The van der Waals surface area contributed by atoms with Gasteiger partial charge in [0.25, 0.3) is 0 Å². The number of allylic oxidation sites excluding steroid dienone is 9. The molecule has 3 atom stereocenters. The Morgan fingerprint density at radius 2 is 1.71 bits per heavy atom. The van der Waals surface area contributed by atoms with E-state index in [1.54, 1.807) is 0 Å². The van der Waals surface area contributed by atoms with Crippen molar-refractivity contribution in [1.29, 1.82) is 0 Å². The Labute approximate surface area is 288 Å². The van der Waals surface area contributed by atoms with Crippen LogP contribution in [0.2, 0.25) is 0 Å². The number of rotatable bonds is 7. The summed E-state index contributed by atoms with van der Waals surface area (Å²) in [7, 11) is 0.0279. The van der Waals surface area contributed by atoms with Crippen LogP contribution >= 0.6 is 0 Å². The number of benzene rings is 3. The molecule has 0 saturated carbocycles. The molecule has 3 aromatic rings. The van der Waals surface area contributed by atoms with Gasteiger partial charge in [-0.25, -0.2) is 0 Å². The van der Waals surface area contributed by atoms with E-state index in [1.807, 2.05) is 37.3 Å². The van der Waals surface area contributed by atoms with E-state index >= 15 is 0 Å². The van der Waals surface area contributed by atoms with Gasteiger partial charge in [0.1, 0.15) is 0 Å². The van der Waals surface area contributed by atoms with Crippen molar-refractivity contribution in [3.05, 3.63) is 142 Å². The zero-order valence-corrected chi connectivity index (χ0v) is 28.5. The summed E-state index contributed by atoms with van der Waals surface area (Å²) in [5, 5.41) is 9.90. The molecule has 9 heteroatoms. The van der Waals surface area contributed by atoms with Crippen LogP contribution in [0.1, 0.15) is 69.6 Å². The molecule has 48 heavy (non-hydrogen) atoms. The molecule has 3 unspecified atom stereocenters. The molecule has 3 aliphatic heterocycles. The zero-order valence-electron chi connectivity index (χ0n) is 28.5. The highest BCUT2D eigenvalue weighted by Gasteiger charge is 2.57. The Hall–Kier alpha value is -3.74. The Bertz CT molecular complexity index is 1850. The molecule has 0 bridgehead atoms. The Balaban J connectivity index is 1.40. The third kappa shape index (κ3) is 5.71. The van der Waals surface area contributed by atoms with Crippen molar-refractivity contribution in [2.75, 3.05) is 0 Å². The zero-order chi connectivity index (χ0) is 33.4. The molecule has 1 saturated heterocycles. The lowest BCUT2D eigenvalue weighted by Gasteiger charge is -2.49. The Kier molecular flexibility index (Phi) is 9.57. The first-order valence-corrected chi connectivity index (χ1v) is 17.5. The maximum Gasteiger partial charge on any atom is 0.462 e. The average Bonchev–Trinajstić information content (AvgIpc) is 3.26. The molecule has 0 spiro atoms. The molecule has 3 N–H and O–H groups in total. The quantitative estimate of drug-likeness (QED) is 0.284. The smallest absolute Gasteiger partial charge is 0.455 e. The molecule has 5 nitrogen and oxygen atoms in total. The van der Waals surface area contributed by atoms with Crippen molar-refractivity contribution in [1.82, 2.24) is 4.72 Å². The van der Waals surface area contributed by atoms with Crippen LogP contribution in [0.5, 0.6) is 0 Å². The summed E-state index contributed by atoms with van der Waals surface area (Å²) in [5.74, 6) is 0.590. The van der Waals surface area contributed by atoms with Crippen molar-refractivity contribution in [3.63, 3.8) is 0 Å². The molecule has 1 radical (unpaired) electrons. The fraction of sp³-hybridized carbons (Fsp3) is 0.282. The molecule has 1 fully saturated rings. The second-order valence-corrected chi connectivity index (χ2v) is 13.4. The van der Waals surface area contributed by atoms with Gasteiger partial charge in [-0.15, -0.1) is 0 Å². The highest BCUT2D eigenvalue weighted by atomic mass is 16.6. The van der Waals surface area contributed by atoms with Crippen LogP contribution in [0.3, 0.4) is 0 Å². The van der Waals surface area contributed by atoms with Crippen LogP contribution < -0.4 is 22.1 Å². The molecule has 4 aliphatic rings. The molecule has 239 valence electrons. The molecular weight excluding hydrogens is 588 g/mol. The minimum Gasteiger partial charge on any atom is -0.455 e. The second kappa shape index (κ2) is 14.0. The lowest BCUT2D eigenvalue weighted by molar-refractivity contribution is 0.317. The first-order valence-electron chi connectivity index (χ1n) is 17.5. The van der Waals surface area contributed by atoms with Gasteiger partial charge >= 0.3 is 28.7 Å². The van der Waals surface area contributed by atoms with Gasteiger partial charge in [0, 0.05) is 18.2 Å². The molecule has 1 aliphatic carbocycles. The monoisotopic (exact) mass is 631 g/mol. The van der Waals surface area contributed by atoms with Gasteiger partial charge < -0.3 is 24.6 Å². The average molecular weight is 631 g/mol. The number of fused-ring (bicyclic) bond motifs is 4. The standard InChI is InChI=1S/C39H43B4N2O3/c1-5-15-32(37(44)24-28-17-8-11-21-34(28)40-46)33-20-14-16-26(4)39(33)43-47-41-35-22-12-9-18-30(35)27(6-2)25-38-29(7-3)31-19-10-13-23-36(31)42(48-43)45(38)41/h5,7-15,17-23,26-27,38,46H,6,16,24-25,44H2,1-4H3/b15-5-,29-7-,37-32-. The summed E-state index contributed by atoms with van der Waals surface area (Å²) in [6, 6.07) is 25.6. The maximum atomic E-state index is 9.90. The van der Waals surface area contributed by atoms with Crippen LogP contribution in [-0.2, 0) is 15.6 Å². The number of nitrogens with zero attached hydrogens (tertiary/aromatic N) is 1.